The highest BCUT2D eigenvalue weighted by molar-refractivity contribution is 7.99. The highest BCUT2D eigenvalue weighted by atomic mass is 35.5. The van der Waals surface area contributed by atoms with Crippen LogP contribution >= 0.6 is 23.4 Å². The van der Waals surface area contributed by atoms with Crippen molar-refractivity contribution in [2.24, 2.45) is 0 Å². The quantitative estimate of drug-likeness (QED) is 0.762. The molecule has 5 heteroatoms. The molecule has 0 heterocycles. The monoisotopic (exact) mass is 351 g/mol. The van der Waals surface area contributed by atoms with Crippen LogP contribution < -0.4 is 5.32 Å². The highest BCUT2D eigenvalue weighted by Gasteiger charge is 2.12. The third-order valence-electron chi connectivity index (χ3n) is 3.45. The van der Waals surface area contributed by atoms with Crippen molar-refractivity contribution in [3.8, 4) is 0 Å². The maximum Gasteiger partial charge on any atom is 0.230 e. The second-order valence-corrected chi connectivity index (χ2v) is 6.59. The van der Waals surface area contributed by atoms with Crippen LogP contribution in [0, 0.1) is 5.82 Å². The van der Waals surface area contributed by atoms with Crippen molar-refractivity contribution in [1.82, 2.24) is 5.32 Å². The van der Waals surface area contributed by atoms with Gasteiger partial charge in [-0.2, -0.15) is 0 Å². The predicted octanol–water partition coefficient (Wildman–Crippen LogP) is 4.98. The van der Waals surface area contributed by atoms with Gasteiger partial charge in [0.1, 0.15) is 5.82 Å². The summed E-state index contributed by atoms with van der Waals surface area (Å²) < 4.78 is 13.7. The minimum absolute atomic E-state index is 0.0107. The standard InChI is InChI=1S/C18H19ClFNOS/c1-2-17(13-6-4-3-5-7-13)21-18(22)12-23-11-14-8-9-15(19)10-16(14)20/h3-10,17H,2,11-12H2,1H3,(H,21,22). The molecular weight excluding hydrogens is 333 g/mol. The molecule has 0 aliphatic heterocycles. The molecule has 0 bridgehead atoms. The number of rotatable bonds is 7. The zero-order valence-electron chi connectivity index (χ0n) is 12.9. The molecule has 0 saturated heterocycles. The maximum atomic E-state index is 13.7. The summed E-state index contributed by atoms with van der Waals surface area (Å²) in [6.45, 7) is 2.04. The van der Waals surface area contributed by atoms with Gasteiger partial charge in [0.15, 0.2) is 0 Å². The Kier molecular flexibility index (Phi) is 6.93. The third-order valence-corrected chi connectivity index (χ3v) is 4.67. The molecule has 0 aliphatic carbocycles. The molecule has 2 nitrogen and oxygen atoms in total. The molecule has 1 amide bonds. The molecule has 0 saturated carbocycles. The summed E-state index contributed by atoms with van der Waals surface area (Å²) in [5.41, 5.74) is 1.65. The molecule has 2 aromatic carbocycles. The van der Waals surface area contributed by atoms with E-state index in [4.69, 9.17) is 11.6 Å². The van der Waals surface area contributed by atoms with Gasteiger partial charge in [-0.05, 0) is 29.7 Å². The summed E-state index contributed by atoms with van der Waals surface area (Å²) in [5.74, 6) is 0.366. The number of hydrogen-bond donors (Lipinski definition) is 1. The molecule has 0 spiro atoms. The second kappa shape index (κ2) is 8.94. The third kappa shape index (κ3) is 5.56. The lowest BCUT2D eigenvalue weighted by Crippen LogP contribution is -2.29. The van der Waals surface area contributed by atoms with E-state index < -0.39 is 0 Å². The highest BCUT2D eigenvalue weighted by Crippen LogP contribution is 2.20. The van der Waals surface area contributed by atoms with E-state index in [9.17, 15) is 9.18 Å². The topological polar surface area (TPSA) is 29.1 Å². The first-order valence-electron chi connectivity index (χ1n) is 7.46. The van der Waals surface area contributed by atoms with E-state index in [1.54, 1.807) is 12.1 Å². The van der Waals surface area contributed by atoms with Crippen LogP contribution in [-0.2, 0) is 10.5 Å². The predicted molar refractivity (Wildman–Crippen MR) is 95.2 cm³/mol. The molecule has 0 aromatic heterocycles. The molecule has 23 heavy (non-hydrogen) atoms. The van der Waals surface area contributed by atoms with Crippen molar-refractivity contribution >= 4 is 29.3 Å². The average molecular weight is 352 g/mol. The molecule has 0 aliphatic rings. The summed E-state index contributed by atoms with van der Waals surface area (Å²) >= 11 is 7.11. The average Bonchev–Trinajstić information content (AvgIpc) is 2.55. The van der Waals surface area contributed by atoms with E-state index in [1.165, 1.54) is 17.8 Å². The van der Waals surface area contributed by atoms with Gasteiger partial charge >= 0.3 is 0 Å². The van der Waals surface area contributed by atoms with Gasteiger partial charge in [0.05, 0.1) is 11.8 Å². The fourth-order valence-corrected chi connectivity index (χ4v) is 3.22. The van der Waals surface area contributed by atoms with Crippen LogP contribution in [0.5, 0.6) is 0 Å². The number of thioether (sulfide) groups is 1. The van der Waals surface area contributed by atoms with Gasteiger partial charge < -0.3 is 5.32 Å². The Bertz CT molecular complexity index is 651. The lowest BCUT2D eigenvalue weighted by atomic mass is 10.0. The van der Waals surface area contributed by atoms with Crippen molar-refractivity contribution in [1.29, 1.82) is 0 Å². The Hall–Kier alpha value is -1.52. The Labute approximate surface area is 145 Å². The number of hydrogen-bond acceptors (Lipinski definition) is 2. The Balaban J connectivity index is 1.82. The smallest absolute Gasteiger partial charge is 0.230 e. The number of benzene rings is 2. The fraction of sp³-hybridized carbons (Fsp3) is 0.278. The van der Waals surface area contributed by atoms with Crippen LogP contribution in [0.15, 0.2) is 48.5 Å². The number of carbonyl (C=O) groups is 1. The summed E-state index contributed by atoms with van der Waals surface area (Å²) in [6, 6.07) is 14.5. The fourth-order valence-electron chi connectivity index (χ4n) is 2.23. The number of carbonyl (C=O) groups excluding carboxylic acids is 1. The molecule has 2 aromatic rings. The minimum Gasteiger partial charge on any atom is -0.349 e. The van der Waals surface area contributed by atoms with Crippen LogP contribution in [0.2, 0.25) is 5.02 Å². The van der Waals surface area contributed by atoms with Gasteiger partial charge in [-0.3, -0.25) is 4.79 Å². The largest absolute Gasteiger partial charge is 0.349 e. The van der Waals surface area contributed by atoms with Gasteiger partial charge in [-0.25, -0.2) is 4.39 Å². The van der Waals surface area contributed by atoms with Crippen molar-refractivity contribution < 1.29 is 9.18 Å². The summed E-state index contributed by atoms with van der Waals surface area (Å²) in [5, 5.41) is 3.40. The first-order chi connectivity index (χ1) is 11.1. The molecule has 1 atom stereocenters. The number of halogens is 2. The van der Waals surface area contributed by atoms with Crippen LogP contribution in [0.25, 0.3) is 0 Å². The van der Waals surface area contributed by atoms with Crippen molar-refractivity contribution in [2.75, 3.05) is 5.75 Å². The van der Waals surface area contributed by atoms with E-state index in [2.05, 4.69) is 5.32 Å². The van der Waals surface area contributed by atoms with Crippen LogP contribution in [0.1, 0.15) is 30.5 Å². The molecule has 1 unspecified atom stereocenters. The van der Waals surface area contributed by atoms with E-state index in [-0.39, 0.29) is 17.8 Å². The van der Waals surface area contributed by atoms with Gasteiger partial charge in [-0.1, -0.05) is 54.9 Å². The Morgan fingerprint density at radius 1 is 1.26 bits per heavy atom. The summed E-state index contributed by atoms with van der Waals surface area (Å²) in [4.78, 5) is 12.1. The van der Waals surface area contributed by atoms with Gasteiger partial charge in [0.25, 0.3) is 0 Å². The first kappa shape index (κ1) is 17.8. The molecule has 0 fully saturated rings. The SMILES string of the molecule is CCC(NC(=O)CSCc1ccc(Cl)cc1F)c1ccccc1. The van der Waals surface area contributed by atoms with Crippen LogP contribution in [-0.4, -0.2) is 11.7 Å². The lowest BCUT2D eigenvalue weighted by molar-refractivity contribution is -0.119. The molecule has 2 rings (SSSR count). The van der Waals surface area contributed by atoms with Gasteiger partial charge in [0, 0.05) is 10.8 Å². The van der Waals surface area contributed by atoms with E-state index in [0.29, 0.717) is 22.1 Å². The molecule has 122 valence electrons. The zero-order valence-corrected chi connectivity index (χ0v) is 14.5. The van der Waals surface area contributed by atoms with Crippen molar-refractivity contribution in [3.63, 3.8) is 0 Å². The lowest BCUT2D eigenvalue weighted by Gasteiger charge is -2.17. The molecular formula is C18H19ClFNOS. The second-order valence-electron chi connectivity index (χ2n) is 5.17. The van der Waals surface area contributed by atoms with Gasteiger partial charge in [-0.15, -0.1) is 11.8 Å². The Morgan fingerprint density at radius 3 is 2.65 bits per heavy atom. The zero-order chi connectivity index (χ0) is 16.7. The van der Waals surface area contributed by atoms with E-state index >= 15 is 0 Å². The summed E-state index contributed by atoms with van der Waals surface area (Å²) in [7, 11) is 0. The summed E-state index contributed by atoms with van der Waals surface area (Å²) in [6.07, 6.45) is 0.826. The normalized spacial score (nSPS) is 12.0. The molecule has 0 radical (unpaired) electrons. The maximum absolute atomic E-state index is 13.7. The van der Waals surface area contributed by atoms with Gasteiger partial charge in [0.2, 0.25) is 5.91 Å². The minimum atomic E-state index is -0.332. The number of nitrogens with one attached hydrogen (secondary N) is 1. The van der Waals surface area contributed by atoms with Crippen molar-refractivity contribution in [3.05, 3.63) is 70.5 Å². The first-order valence-corrected chi connectivity index (χ1v) is 8.99. The van der Waals surface area contributed by atoms with Crippen LogP contribution in [0.4, 0.5) is 4.39 Å². The van der Waals surface area contributed by atoms with E-state index in [1.807, 2.05) is 37.3 Å². The van der Waals surface area contributed by atoms with E-state index in [0.717, 1.165) is 12.0 Å². The van der Waals surface area contributed by atoms with Crippen molar-refractivity contribution in [2.45, 2.75) is 25.1 Å². The van der Waals surface area contributed by atoms with Crippen LogP contribution in [0.3, 0.4) is 0 Å². The number of amides is 1. The Morgan fingerprint density at radius 2 is 2.00 bits per heavy atom. The molecule has 1 N–H and O–H groups in total.